The zero-order chi connectivity index (χ0) is 19.5. The Morgan fingerprint density at radius 1 is 0.964 bits per heavy atom. The molecule has 0 unspecified atom stereocenters. The SMILES string of the molecule is Cc1nccc(-c2ccc(-c3noc(CN4CCN(C(C)C)CC4)n3)cc2)n1. The number of piperazine rings is 1. The van der Waals surface area contributed by atoms with Crippen LogP contribution in [0.4, 0.5) is 0 Å². The van der Waals surface area contributed by atoms with Crippen LogP contribution in [0.2, 0.25) is 0 Å². The summed E-state index contributed by atoms with van der Waals surface area (Å²) < 4.78 is 5.49. The number of aromatic nitrogens is 4. The van der Waals surface area contributed by atoms with Crippen molar-refractivity contribution >= 4 is 0 Å². The van der Waals surface area contributed by atoms with Crippen LogP contribution in [0.15, 0.2) is 41.1 Å². The van der Waals surface area contributed by atoms with Gasteiger partial charge in [0.25, 0.3) is 0 Å². The van der Waals surface area contributed by atoms with E-state index in [1.165, 1.54) is 0 Å². The molecule has 1 fully saturated rings. The second-order valence-electron chi connectivity index (χ2n) is 7.48. The van der Waals surface area contributed by atoms with Crippen LogP contribution in [-0.2, 0) is 6.54 Å². The van der Waals surface area contributed by atoms with E-state index in [0.29, 0.717) is 24.3 Å². The molecule has 0 bridgehead atoms. The minimum Gasteiger partial charge on any atom is -0.338 e. The number of rotatable bonds is 5. The van der Waals surface area contributed by atoms with E-state index in [1.807, 2.05) is 37.3 Å². The molecular formula is C21H26N6O. The van der Waals surface area contributed by atoms with E-state index in [9.17, 15) is 0 Å². The summed E-state index contributed by atoms with van der Waals surface area (Å²) in [4.78, 5) is 18.1. The summed E-state index contributed by atoms with van der Waals surface area (Å²) in [5.74, 6) is 2.06. The smallest absolute Gasteiger partial charge is 0.241 e. The lowest BCUT2D eigenvalue weighted by Crippen LogP contribution is -2.48. The van der Waals surface area contributed by atoms with Gasteiger partial charge in [-0.25, -0.2) is 9.97 Å². The minimum atomic E-state index is 0.603. The Kier molecular flexibility index (Phi) is 5.45. The van der Waals surface area contributed by atoms with Gasteiger partial charge in [0.05, 0.1) is 12.2 Å². The molecule has 3 aromatic rings. The number of aryl methyl sites for hydroxylation is 1. The maximum Gasteiger partial charge on any atom is 0.241 e. The molecule has 4 rings (SSSR count). The third-order valence-electron chi connectivity index (χ3n) is 5.18. The highest BCUT2D eigenvalue weighted by Crippen LogP contribution is 2.22. The molecule has 2 aromatic heterocycles. The Balaban J connectivity index is 1.40. The van der Waals surface area contributed by atoms with E-state index in [-0.39, 0.29) is 0 Å². The van der Waals surface area contributed by atoms with Crippen molar-refractivity contribution in [2.24, 2.45) is 0 Å². The van der Waals surface area contributed by atoms with E-state index >= 15 is 0 Å². The normalized spacial score (nSPS) is 16.0. The molecule has 1 aromatic carbocycles. The molecule has 0 spiro atoms. The van der Waals surface area contributed by atoms with Crippen molar-refractivity contribution in [1.29, 1.82) is 0 Å². The van der Waals surface area contributed by atoms with Crippen molar-refractivity contribution in [3.63, 3.8) is 0 Å². The van der Waals surface area contributed by atoms with E-state index in [2.05, 4.69) is 43.8 Å². The van der Waals surface area contributed by atoms with Crippen LogP contribution in [0.25, 0.3) is 22.6 Å². The predicted octanol–water partition coefficient (Wildman–Crippen LogP) is 3.03. The molecule has 1 saturated heterocycles. The third-order valence-corrected chi connectivity index (χ3v) is 5.18. The molecule has 0 radical (unpaired) electrons. The maximum absolute atomic E-state index is 5.49. The van der Waals surface area contributed by atoms with Gasteiger partial charge >= 0.3 is 0 Å². The molecule has 7 nitrogen and oxygen atoms in total. The fourth-order valence-electron chi connectivity index (χ4n) is 3.47. The Bertz CT molecular complexity index is 913. The van der Waals surface area contributed by atoms with Gasteiger partial charge in [0.1, 0.15) is 5.82 Å². The van der Waals surface area contributed by atoms with E-state index in [0.717, 1.165) is 48.8 Å². The minimum absolute atomic E-state index is 0.603. The monoisotopic (exact) mass is 378 g/mol. The van der Waals surface area contributed by atoms with Crippen LogP contribution >= 0.6 is 0 Å². The number of nitrogens with zero attached hydrogens (tertiary/aromatic N) is 6. The van der Waals surface area contributed by atoms with Gasteiger partial charge in [0.15, 0.2) is 0 Å². The summed E-state index contributed by atoms with van der Waals surface area (Å²) in [6.45, 7) is 11.3. The molecule has 0 amide bonds. The molecule has 7 heteroatoms. The van der Waals surface area contributed by atoms with Gasteiger partial charge in [-0.15, -0.1) is 0 Å². The molecular weight excluding hydrogens is 352 g/mol. The summed E-state index contributed by atoms with van der Waals surface area (Å²) in [5.41, 5.74) is 2.89. The lowest BCUT2D eigenvalue weighted by molar-refractivity contribution is 0.0960. The highest BCUT2D eigenvalue weighted by atomic mass is 16.5. The topological polar surface area (TPSA) is 71.2 Å². The molecule has 0 aliphatic carbocycles. The second-order valence-corrected chi connectivity index (χ2v) is 7.48. The van der Waals surface area contributed by atoms with Gasteiger partial charge in [-0.3, -0.25) is 9.80 Å². The molecule has 0 N–H and O–H groups in total. The molecule has 146 valence electrons. The van der Waals surface area contributed by atoms with Crippen LogP contribution in [0.1, 0.15) is 25.6 Å². The van der Waals surface area contributed by atoms with Crippen molar-refractivity contribution in [3.8, 4) is 22.6 Å². The van der Waals surface area contributed by atoms with Crippen LogP contribution in [-0.4, -0.2) is 62.1 Å². The van der Waals surface area contributed by atoms with Gasteiger partial charge in [-0.2, -0.15) is 4.98 Å². The fourth-order valence-corrected chi connectivity index (χ4v) is 3.47. The highest BCUT2D eigenvalue weighted by Gasteiger charge is 2.20. The summed E-state index contributed by atoms with van der Waals surface area (Å²) in [5, 5.41) is 4.16. The lowest BCUT2D eigenvalue weighted by Gasteiger charge is -2.36. The van der Waals surface area contributed by atoms with E-state index in [1.54, 1.807) is 6.20 Å². The predicted molar refractivity (Wildman–Crippen MR) is 107 cm³/mol. The van der Waals surface area contributed by atoms with E-state index in [4.69, 9.17) is 4.52 Å². The largest absolute Gasteiger partial charge is 0.338 e. The summed E-state index contributed by atoms with van der Waals surface area (Å²) in [7, 11) is 0. The van der Waals surface area contributed by atoms with Crippen molar-refractivity contribution in [1.82, 2.24) is 29.9 Å². The molecule has 0 atom stereocenters. The molecule has 0 saturated carbocycles. The second kappa shape index (κ2) is 8.16. The summed E-state index contributed by atoms with van der Waals surface area (Å²) in [6, 6.07) is 10.6. The molecule has 3 heterocycles. The Morgan fingerprint density at radius 3 is 2.36 bits per heavy atom. The number of hydrogen-bond donors (Lipinski definition) is 0. The van der Waals surface area contributed by atoms with Crippen molar-refractivity contribution in [2.45, 2.75) is 33.4 Å². The van der Waals surface area contributed by atoms with E-state index < -0.39 is 0 Å². The average molecular weight is 378 g/mol. The van der Waals surface area contributed by atoms with Crippen LogP contribution in [0.3, 0.4) is 0 Å². The summed E-state index contributed by atoms with van der Waals surface area (Å²) in [6.07, 6.45) is 1.78. The van der Waals surface area contributed by atoms with Gasteiger partial charge in [-0.1, -0.05) is 29.4 Å². The van der Waals surface area contributed by atoms with Crippen LogP contribution in [0, 0.1) is 6.92 Å². The van der Waals surface area contributed by atoms with Gasteiger partial charge in [0, 0.05) is 49.5 Å². The Hall–Kier alpha value is -2.64. The third kappa shape index (κ3) is 4.26. The fraction of sp³-hybridized carbons (Fsp3) is 0.429. The Morgan fingerprint density at radius 2 is 1.68 bits per heavy atom. The van der Waals surface area contributed by atoms with Gasteiger partial charge < -0.3 is 4.52 Å². The first-order valence-electron chi connectivity index (χ1n) is 9.78. The van der Waals surface area contributed by atoms with Crippen molar-refractivity contribution in [3.05, 3.63) is 48.2 Å². The first-order valence-corrected chi connectivity index (χ1v) is 9.78. The first kappa shape index (κ1) is 18.7. The number of hydrogen-bond acceptors (Lipinski definition) is 7. The van der Waals surface area contributed by atoms with Crippen molar-refractivity contribution < 1.29 is 4.52 Å². The standard InChI is InChI=1S/C21H26N6O/c1-15(2)27-12-10-26(11-13-27)14-20-24-21(25-28-20)18-6-4-17(5-7-18)19-8-9-22-16(3)23-19/h4-9,15H,10-14H2,1-3H3. The highest BCUT2D eigenvalue weighted by molar-refractivity contribution is 5.64. The molecule has 28 heavy (non-hydrogen) atoms. The molecule has 1 aliphatic rings. The lowest BCUT2D eigenvalue weighted by atomic mass is 10.1. The van der Waals surface area contributed by atoms with Gasteiger partial charge in [-0.05, 0) is 26.8 Å². The zero-order valence-electron chi connectivity index (χ0n) is 16.7. The Labute approximate surface area is 165 Å². The zero-order valence-corrected chi connectivity index (χ0v) is 16.7. The van der Waals surface area contributed by atoms with Gasteiger partial charge in [0.2, 0.25) is 11.7 Å². The maximum atomic E-state index is 5.49. The van der Waals surface area contributed by atoms with Crippen LogP contribution < -0.4 is 0 Å². The quantitative estimate of drug-likeness (QED) is 0.676. The first-order chi connectivity index (χ1) is 13.6. The summed E-state index contributed by atoms with van der Waals surface area (Å²) >= 11 is 0. The van der Waals surface area contributed by atoms with Crippen molar-refractivity contribution in [2.75, 3.05) is 26.2 Å². The molecule has 1 aliphatic heterocycles. The van der Waals surface area contributed by atoms with Crippen LogP contribution in [0.5, 0.6) is 0 Å². The average Bonchev–Trinajstić information content (AvgIpc) is 3.17. The number of benzene rings is 1.